The van der Waals surface area contributed by atoms with E-state index in [2.05, 4.69) is 4.98 Å². The molecule has 5 heteroatoms. The first-order valence-corrected chi connectivity index (χ1v) is 6.44. The fourth-order valence-electron chi connectivity index (χ4n) is 2.36. The molecule has 1 fully saturated rings. The molecular formula is C14H18N2O3. The monoisotopic (exact) mass is 262 g/mol. The predicted octanol–water partition coefficient (Wildman–Crippen LogP) is 1.34. The first kappa shape index (κ1) is 13.5. The molecule has 1 aromatic heterocycles. The highest BCUT2D eigenvalue weighted by molar-refractivity contribution is 6.02. The zero-order valence-electron chi connectivity index (χ0n) is 11.0. The first-order chi connectivity index (χ1) is 9.06. The third kappa shape index (κ3) is 2.59. The van der Waals surface area contributed by atoms with Gasteiger partial charge in [-0.15, -0.1) is 0 Å². The Morgan fingerprint density at radius 1 is 1.37 bits per heavy atom. The van der Waals surface area contributed by atoms with Crippen LogP contribution < -0.4 is 0 Å². The van der Waals surface area contributed by atoms with Crippen molar-refractivity contribution in [2.45, 2.75) is 25.7 Å². The fraction of sp³-hybridized carbons (Fsp3) is 0.500. The highest BCUT2D eigenvalue weighted by Gasteiger charge is 2.52. The standard InChI is InChI=1S/C14H18N2O3/c1-16(10-5-11-3-8-15-9-4-11)12(17)14(13(18)19)6-2-7-14/h3-4,8-9H,2,5-7,10H2,1H3,(H,18,19). The van der Waals surface area contributed by atoms with E-state index in [0.29, 0.717) is 25.8 Å². The van der Waals surface area contributed by atoms with Crippen molar-refractivity contribution in [3.8, 4) is 0 Å². The summed E-state index contributed by atoms with van der Waals surface area (Å²) in [5.41, 5.74) is -0.0693. The summed E-state index contributed by atoms with van der Waals surface area (Å²) in [6.45, 7) is 0.526. The molecular weight excluding hydrogens is 244 g/mol. The maximum Gasteiger partial charge on any atom is 0.319 e. The van der Waals surface area contributed by atoms with Crippen LogP contribution in [0.3, 0.4) is 0 Å². The van der Waals surface area contributed by atoms with Crippen LogP contribution in [0.4, 0.5) is 0 Å². The summed E-state index contributed by atoms with van der Waals surface area (Å²) in [5, 5.41) is 9.23. The number of hydrogen-bond donors (Lipinski definition) is 1. The van der Waals surface area contributed by atoms with Crippen LogP contribution in [-0.4, -0.2) is 40.5 Å². The lowest BCUT2D eigenvalue weighted by Crippen LogP contribution is -2.51. The molecule has 102 valence electrons. The largest absolute Gasteiger partial charge is 0.480 e. The average molecular weight is 262 g/mol. The second-order valence-corrected chi connectivity index (χ2v) is 5.07. The molecule has 0 unspecified atom stereocenters. The lowest BCUT2D eigenvalue weighted by Gasteiger charge is -2.38. The Kier molecular flexibility index (Phi) is 3.83. The Morgan fingerprint density at radius 2 is 2.00 bits per heavy atom. The predicted molar refractivity (Wildman–Crippen MR) is 69.5 cm³/mol. The summed E-state index contributed by atoms with van der Waals surface area (Å²) < 4.78 is 0. The number of amides is 1. The number of carbonyl (C=O) groups excluding carboxylic acids is 1. The molecule has 0 spiro atoms. The van der Waals surface area contributed by atoms with Gasteiger partial charge in [-0.1, -0.05) is 6.42 Å². The number of carbonyl (C=O) groups is 2. The van der Waals surface area contributed by atoms with Gasteiger partial charge in [-0.25, -0.2) is 0 Å². The molecule has 2 rings (SSSR count). The summed E-state index contributed by atoms with van der Waals surface area (Å²) in [4.78, 5) is 29.0. The minimum absolute atomic E-state index is 0.264. The van der Waals surface area contributed by atoms with Crippen molar-refractivity contribution in [1.82, 2.24) is 9.88 Å². The smallest absolute Gasteiger partial charge is 0.319 e. The van der Waals surface area contributed by atoms with Gasteiger partial charge in [0.1, 0.15) is 5.41 Å². The van der Waals surface area contributed by atoms with Gasteiger partial charge in [0.25, 0.3) is 0 Å². The maximum atomic E-state index is 12.2. The van der Waals surface area contributed by atoms with Crippen LogP contribution in [0.2, 0.25) is 0 Å². The molecule has 1 N–H and O–H groups in total. The Hall–Kier alpha value is -1.91. The first-order valence-electron chi connectivity index (χ1n) is 6.44. The Morgan fingerprint density at radius 3 is 2.47 bits per heavy atom. The summed E-state index contributed by atoms with van der Waals surface area (Å²) in [6, 6.07) is 3.79. The molecule has 0 radical (unpaired) electrons. The van der Waals surface area contributed by atoms with Gasteiger partial charge in [-0.2, -0.15) is 0 Å². The highest BCUT2D eigenvalue weighted by Crippen LogP contribution is 2.42. The molecule has 0 aliphatic heterocycles. The van der Waals surface area contributed by atoms with Crippen molar-refractivity contribution in [1.29, 1.82) is 0 Å². The van der Waals surface area contributed by atoms with E-state index in [1.807, 2.05) is 12.1 Å². The molecule has 0 aromatic carbocycles. The third-order valence-corrected chi connectivity index (χ3v) is 3.86. The van der Waals surface area contributed by atoms with Crippen molar-refractivity contribution in [3.05, 3.63) is 30.1 Å². The van der Waals surface area contributed by atoms with Crippen LogP contribution in [0.1, 0.15) is 24.8 Å². The number of hydrogen-bond acceptors (Lipinski definition) is 3. The van der Waals surface area contributed by atoms with Gasteiger partial charge in [0.15, 0.2) is 0 Å². The highest BCUT2D eigenvalue weighted by atomic mass is 16.4. The molecule has 19 heavy (non-hydrogen) atoms. The summed E-state index contributed by atoms with van der Waals surface area (Å²) in [5.74, 6) is -1.25. The third-order valence-electron chi connectivity index (χ3n) is 3.86. The van der Waals surface area contributed by atoms with E-state index >= 15 is 0 Å². The summed E-state index contributed by atoms with van der Waals surface area (Å²) in [6.07, 6.45) is 5.86. The van der Waals surface area contributed by atoms with Gasteiger partial charge < -0.3 is 10.0 Å². The van der Waals surface area contributed by atoms with Gasteiger partial charge in [0, 0.05) is 26.0 Å². The summed E-state index contributed by atoms with van der Waals surface area (Å²) >= 11 is 0. The Balaban J connectivity index is 1.94. The molecule has 1 aliphatic carbocycles. The van der Waals surface area contributed by atoms with Crippen LogP contribution in [0.15, 0.2) is 24.5 Å². The molecule has 5 nitrogen and oxygen atoms in total. The fourth-order valence-corrected chi connectivity index (χ4v) is 2.36. The Bertz CT molecular complexity index is 469. The molecule has 1 heterocycles. The minimum atomic E-state index is -1.16. The number of rotatable bonds is 5. The van der Waals surface area contributed by atoms with E-state index in [1.54, 1.807) is 19.4 Å². The number of aromatic nitrogens is 1. The number of carboxylic acids is 1. The normalized spacial score (nSPS) is 16.5. The van der Waals surface area contributed by atoms with E-state index in [4.69, 9.17) is 0 Å². The Labute approximate surface area is 112 Å². The summed E-state index contributed by atoms with van der Waals surface area (Å²) in [7, 11) is 1.67. The van der Waals surface area contributed by atoms with Crippen molar-refractivity contribution in [3.63, 3.8) is 0 Å². The molecule has 0 bridgehead atoms. The number of carboxylic acid groups (broad SMARTS) is 1. The van der Waals surface area contributed by atoms with E-state index in [0.717, 1.165) is 12.0 Å². The van der Waals surface area contributed by atoms with Gasteiger partial charge >= 0.3 is 5.97 Å². The van der Waals surface area contributed by atoms with Crippen molar-refractivity contribution < 1.29 is 14.7 Å². The molecule has 1 amide bonds. The molecule has 1 saturated carbocycles. The maximum absolute atomic E-state index is 12.2. The second kappa shape index (κ2) is 5.38. The molecule has 1 aliphatic rings. The van der Waals surface area contributed by atoms with E-state index in [9.17, 15) is 14.7 Å². The number of nitrogens with zero attached hydrogens (tertiary/aromatic N) is 2. The minimum Gasteiger partial charge on any atom is -0.480 e. The van der Waals surface area contributed by atoms with Crippen LogP contribution in [0, 0.1) is 5.41 Å². The molecule has 0 saturated heterocycles. The zero-order chi connectivity index (χ0) is 13.9. The average Bonchev–Trinajstić information content (AvgIpc) is 2.35. The van der Waals surface area contributed by atoms with E-state index in [-0.39, 0.29) is 5.91 Å². The SMILES string of the molecule is CN(CCc1ccncc1)C(=O)C1(C(=O)O)CCC1. The van der Waals surface area contributed by atoms with E-state index in [1.165, 1.54) is 4.90 Å². The van der Waals surface area contributed by atoms with Gasteiger partial charge in [0.2, 0.25) is 5.91 Å². The van der Waals surface area contributed by atoms with Crippen molar-refractivity contribution in [2.75, 3.05) is 13.6 Å². The van der Waals surface area contributed by atoms with E-state index < -0.39 is 11.4 Å². The molecule has 1 aromatic rings. The van der Waals surface area contributed by atoms with Crippen LogP contribution in [0.25, 0.3) is 0 Å². The zero-order valence-corrected chi connectivity index (χ0v) is 11.0. The van der Waals surface area contributed by atoms with Crippen molar-refractivity contribution >= 4 is 11.9 Å². The molecule has 0 atom stereocenters. The van der Waals surface area contributed by atoms with Gasteiger partial charge in [-0.3, -0.25) is 14.6 Å². The van der Waals surface area contributed by atoms with Crippen LogP contribution >= 0.6 is 0 Å². The lowest BCUT2D eigenvalue weighted by atomic mass is 9.68. The number of likely N-dealkylation sites (N-methyl/N-ethyl adjacent to an activating group) is 1. The van der Waals surface area contributed by atoms with Gasteiger partial charge in [0.05, 0.1) is 0 Å². The van der Waals surface area contributed by atoms with Crippen LogP contribution in [-0.2, 0) is 16.0 Å². The van der Waals surface area contributed by atoms with Crippen molar-refractivity contribution in [2.24, 2.45) is 5.41 Å². The number of aliphatic carboxylic acids is 1. The van der Waals surface area contributed by atoms with Gasteiger partial charge in [-0.05, 0) is 37.0 Å². The van der Waals surface area contributed by atoms with Crippen LogP contribution in [0.5, 0.6) is 0 Å². The topological polar surface area (TPSA) is 70.5 Å². The number of pyridine rings is 1. The second-order valence-electron chi connectivity index (χ2n) is 5.07. The quantitative estimate of drug-likeness (QED) is 0.813. The lowest BCUT2D eigenvalue weighted by molar-refractivity contribution is -0.166.